The van der Waals surface area contributed by atoms with E-state index in [4.69, 9.17) is 16.0 Å². The van der Waals surface area contributed by atoms with Gasteiger partial charge < -0.3 is 4.42 Å². The summed E-state index contributed by atoms with van der Waals surface area (Å²) in [5.41, 5.74) is 2.63. The fourth-order valence-corrected chi connectivity index (χ4v) is 2.29. The molecule has 6 heteroatoms. The van der Waals surface area contributed by atoms with Crippen LogP contribution in [0.1, 0.15) is 11.1 Å². The van der Waals surface area contributed by atoms with Crippen molar-refractivity contribution in [1.29, 1.82) is 0 Å². The standard InChI is InChI=1S/C18H14ClN3O2/c1-12-5-4-7-14(11-12)17-21-22-18(24-17)20-16(23)10-9-13-6-2-3-8-15(13)19/h2-11H,1H3,(H,20,22,23)/b10-9+. The van der Waals surface area contributed by atoms with Crippen LogP contribution in [0.3, 0.4) is 0 Å². The zero-order chi connectivity index (χ0) is 16.9. The SMILES string of the molecule is Cc1cccc(-c2nnc(NC(=O)/C=C/c3ccccc3Cl)o2)c1. The molecule has 3 aromatic rings. The molecule has 0 spiro atoms. The Labute approximate surface area is 144 Å². The first-order chi connectivity index (χ1) is 11.6. The van der Waals surface area contributed by atoms with E-state index in [1.165, 1.54) is 6.08 Å². The maximum absolute atomic E-state index is 11.9. The summed E-state index contributed by atoms with van der Waals surface area (Å²) >= 11 is 6.03. The maximum atomic E-state index is 11.9. The highest BCUT2D eigenvalue weighted by atomic mass is 35.5. The minimum Gasteiger partial charge on any atom is -0.403 e. The van der Waals surface area contributed by atoms with Gasteiger partial charge in [-0.3, -0.25) is 10.1 Å². The quantitative estimate of drug-likeness (QED) is 0.717. The first kappa shape index (κ1) is 16.0. The predicted octanol–water partition coefficient (Wildman–Crippen LogP) is 4.35. The van der Waals surface area contributed by atoms with Crippen LogP contribution in [-0.4, -0.2) is 16.1 Å². The number of carbonyl (C=O) groups excluding carboxylic acids is 1. The number of nitrogens with zero attached hydrogens (tertiary/aromatic N) is 2. The molecular formula is C18H14ClN3O2. The second-order valence-electron chi connectivity index (χ2n) is 5.13. The first-order valence-corrected chi connectivity index (χ1v) is 7.64. The zero-order valence-electron chi connectivity index (χ0n) is 12.9. The van der Waals surface area contributed by atoms with Crippen LogP contribution >= 0.6 is 11.6 Å². The molecule has 0 aliphatic rings. The Morgan fingerprint density at radius 3 is 2.79 bits per heavy atom. The van der Waals surface area contributed by atoms with Crippen molar-refractivity contribution in [2.24, 2.45) is 0 Å². The lowest BCUT2D eigenvalue weighted by Crippen LogP contribution is -2.07. The van der Waals surface area contributed by atoms with Gasteiger partial charge >= 0.3 is 6.01 Å². The minimum atomic E-state index is -0.380. The number of aryl methyl sites for hydroxylation is 1. The molecule has 1 amide bonds. The highest BCUT2D eigenvalue weighted by Crippen LogP contribution is 2.21. The third kappa shape index (κ3) is 3.88. The highest BCUT2D eigenvalue weighted by Gasteiger charge is 2.10. The van der Waals surface area contributed by atoms with Gasteiger partial charge in [0.05, 0.1) is 0 Å². The molecule has 1 aromatic heterocycles. The number of aromatic nitrogens is 2. The number of anilines is 1. The van der Waals surface area contributed by atoms with Crippen LogP contribution in [0.25, 0.3) is 17.5 Å². The molecule has 0 fully saturated rings. The van der Waals surface area contributed by atoms with E-state index >= 15 is 0 Å². The molecule has 0 radical (unpaired) electrons. The first-order valence-electron chi connectivity index (χ1n) is 7.26. The number of nitrogens with one attached hydrogen (secondary N) is 1. The monoisotopic (exact) mass is 339 g/mol. The molecule has 0 aliphatic carbocycles. The van der Waals surface area contributed by atoms with Gasteiger partial charge in [-0.15, -0.1) is 5.10 Å². The molecule has 24 heavy (non-hydrogen) atoms. The average molecular weight is 340 g/mol. The van der Waals surface area contributed by atoms with Crippen molar-refractivity contribution in [3.8, 4) is 11.5 Å². The van der Waals surface area contributed by atoms with Crippen molar-refractivity contribution in [2.75, 3.05) is 5.32 Å². The summed E-state index contributed by atoms with van der Waals surface area (Å²) < 4.78 is 5.46. The van der Waals surface area contributed by atoms with Crippen molar-refractivity contribution in [1.82, 2.24) is 10.2 Å². The molecule has 0 bridgehead atoms. The summed E-state index contributed by atoms with van der Waals surface area (Å²) in [6.07, 6.45) is 2.98. The molecule has 0 saturated carbocycles. The molecular weight excluding hydrogens is 326 g/mol. The van der Waals surface area contributed by atoms with Crippen molar-refractivity contribution in [2.45, 2.75) is 6.92 Å². The molecule has 2 aromatic carbocycles. The average Bonchev–Trinajstić information content (AvgIpc) is 3.02. The second-order valence-corrected chi connectivity index (χ2v) is 5.53. The van der Waals surface area contributed by atoms with Crippen LogP contribution < -0.4 is 5.32 Å². The topological polar surface area (TPSA) is 68.0 Å². The van der Waals surface area contributed by atoms with Gasteiger partial charge in [0.25, 0.3) is 5.91 Å². The van der Waals surface area contributed by atoms with E-state index in [1.54, 1.807) is 12.1 Å². The molecule has 0 aliphatic heterocycles. The number of hydrogen-bond donors (Lipinski definition) is 1. The van der Waals surface area contributed by atoms with Crippen LogP contribution in [-0.2, 0) is 4.79 Å². The molecule has 1 N–H and O–H groups in total. The Kier molecular flexibility index (Phi) is 4.72. The fourth-order valence-electron chi connectivity index (χ4n) is 2.09. The minimum absolute atomic E-state index is 0.0420. The molecule has 5 nitrogen and oxygen atoms in total. The Hall–Kier alpha value is -2.92. The van der Waals surface area contributed by atoms with Gasteiger partial charge in [0.15, 0.2) is 0 Å². The highest BCUT2D eigenvalue weighted by molar-refractivity contribution is 6.32. The van der Waals surface area contributed by atoms with E-state index in [1.807, 2.05) is 49.4 Å². The lowest BCUT2D eigenvalue weighted by molar-refractivity contribution is -0.112. The van der Waals surface area contributed by atoms with Gasteiger partial charge in [-0.05, 0) is 36.8 Å². The number of hydrogen-bond acceptors (Lipinski definition) is 4. The van der Waals surface area contributed by atoms with Gasteiger partial charge in [0, 0.05) is 16.7 Å². The third-order valence-corrected chi connectivity index (χ3v) is 3.58. The van der Waals surface area contributed by atoms with E-state index in [2.05, 4.69) is 15.5 Å². The van der Waals surface area contributed by atoms with Crippen molar-refractivity contribution in [3.05, 3.63) is 70.8 Å². The molecule has 3 rings (SSSR count). The van der Waals surface area contributed by atoms with Gasteiger partial charge in [-0.25, -0.2) is 0 Å². The summed E-state index contributed by atoms with van der Waals surface area (Å²) in [5.74, 6) is -0.0292. The van der Waals surface area contributed by atoms with E-state index in [9.17, 15) is 4.79 Å². The molecule has 0 saturated heterocycles. The third-order valence-electron chi connectivity index (χ3n) is 3.24. The van der Waals surface area contributed by atoms with Crippen LogP contribution in [0.2, 0.25) is 5.02 Å². The van der Waals surface area contributed by atoms with Crippen molar-refractivity contribution < 1.29 is 9.21 Å². The fraction of sp³-hybridized carbons (Fsp3) is 0.0556. The Morgan fingerprint density at radius 1 is 1.17 bits per heavy atom. The van der Waals surface area contributed by atoms with Crippen LogP contribution in [0.4, 0.5) is 6.01 Å². The molecule has 1 heterocycles. The number of rotatable bonds is 4. The molecule has 120 valence electrons. The number of amides is 1. The van der Waals surface area contributed by atoms with E-state index in [-0.39, 0.29) is 11.9 Å². The van der Waals surface area contributed by atoms with Gasteiger partial charge in [0.2, 0.25) is 5.89 Å². The molecule has 0 atom stereocenters. The van der Waals surface area contributed by atoms with Gasteiger partial charge in [0.1, 0.15) is 0 Å². The lowest BCUT2D eigenvalue weighted by Gasteiger charge is -1.98. The number of carbonyl (C=O) groups is 1. The Balaban J connectivity index is 1.68. The van der Waals surface area contributed by atoms with Crippen LogP contribution in [0.5, 0.6) is 0 Å². The largest absolute Gasteiger partial charge is 0.403 e. The summed E-state index contributed by atoms with van der Waals surface area (Å²) in [7, 11) is 0. The van der Waals surface area contributed by atoms with Crippen LogP contribution in [0, 0.1) is 6.92 Å². The van der Waals surface area contributed by atoms with E-state index in [0.29, 0.717) is 10.9 Å². The van der Waals surface area contributed by atoms with E-state index in [0.717, 1.165) is 16.7 Å². The van der Waals surface area contributed by atoms with Crippen LogP contribution in [0.15, 0.2) is 59.0 Å². The van der Waals surface area contributed by atoms with Gasteiger partial charge in [-0.2, -0.15) is 0 Å². The van der Waals surface area contributed by atoms with E-state index < -0.39 is 0 Å². The second kappa shape index (κ2) is 7.10. The Bertz CT molecular complexity index is 903. The maximum Gasteiger partial charge on any atom is 0.322 e. The smallest absolute Gasteiger partial charge is 0.322 e. The predicted molar refractivity (Wildman–Crippen MR) is 93.6 cm³/mol. The van der Waals surface area contributed by atoms with Crippen molar-refractivity contribution in [3.63, 3.8) is 0 Å². The number of benzene rings is 2. The normalized spacial score (nSPS) is 10.9. The Morgan fingerprint density at radius 2 is 2.00 bits per heavy atom. The molecule has 0 unspecified atom stereocenters. The summed E-state index contributed by atoms with van der Waals surface area (Å²) in [6.45, 7) is 1.97. The summed E-state index contributed by atoms with van der Waals surface area (Å²) in [5, 5.41) is 10.9. The number of halogens is 1. The lowest BCUT2D eigenvalue weighted by atomic mass is 10.1. The zero-order valence-corrected chi connectivity index (χ0v) is 13.6. The van der Waals surface area contributed by atoms with Gasteiger partial charge in [-0.1, -0.05) is 52.6 Å². The summed E-state index contributed by atoms with van der Waals surface area (Å²) in [6, 6.07) is 14.9. The summed E-state index contributed by atoms with van der Waals surface area (Å²) in [4.78, 5) is 11.9. The van der Waals surface area contributed by atoms with Crippen molar-refractivity contribution >= 4 is 29.6 Å².